The lowest BCUT2D eigenvalue weighted by atomic mass is 10.2. The Morgan fingerprint density at radius 3 is 1.50 bits per heavy atom. The summed E-state index contributed by atoms with van der Waals surface area (Å²) in [7, 11) is 0. The third-order valence-corrected chi connectivity index (χ3v) is 6.62. The lowest BCUT2D eigenvalue weighted by Gasteiger charge is -1.90. The summed E-state index contributed by atoms with van der Waals surface area (Å²) in [4.78, 5) is 4.44. The van der Waals surface area contributed by atoms with Gasteiger partial charge in [0, 0.05) is 31.3 Å². The van der Waals surface area contributed by atoms with E-state index in [-0.39, 0.29) is 0 Å². The van der Waals surface area contributed by atoms with Crippen LogP contribution in [0.2, 0.25) is 0 Å². The zero-order valence-electron chi connectivity index (χ0n) is 12.4. The average Bonchev–Trinajstić information content (AvgIpc) is 3.31. The molecule has 0 unspecified atom stereocenters. The maximum atomic E-state index is 5.98. The van der Waals surface area contributed by atoms with Gasteiger partial charge < -0.3 is 8.83 Å². The highest BCUT2D eigenvalue weighted by Gasteiger charge is 2.16. The van der Waals surface area contributed by atoms with E-state index in [2.05, 4.69) is 36.4 Å². The lowest BCUT2D eigenvalue weighted by Crippen LogP contribution is -1.64. The highest BCUT2D eigenvalue weighted by Crippen LogP contribution is 2.44. The number of para-hydroxylation sites is 2. The lowest BCUT2D eigenvalue weighted by molar-refractivity contribution is 0.677. The molecule has 0 N–H and O–H groups in total. The van der Waals surface area contributed by atoms with Gasteiger partial charge in [0.25, 0.3) is 0 Å². The second-order valence-corrected chi connectivity index (χ2v) is 7.85. The minimum atomic E-state index is 0.955. The zero-order chi connectivity index (χ0) is 15.7. The van der Waals surface area contributed by atoms with Crippen molar-refractivity contribution in [2.45, 2.75) is 0 Å². The number of benzene rings is 2. The molecule has 0 atom stereocenters. The van der Waals surface area contributed by atoms with E-state index in [1.165, 1.54) is 31.3 Å². The molecule has 0 saturated carbocycles. The first-order valence-corrected chi connectivity index (χ1v) is 9.33. The SMILES string of the molecule is c1ccc2c(c1)oc1sc(-c3cc4c(oc5ccccc54)s3)cc12. The van der Waals surface area contributed by atoms with Crippen LogP contribution in [0.15, 0.2) is 69.5 Å². The molecule has 0 spiro atoms. The summed E-state index contributed by atoms with van der Waals surface area (Å²) >= 11 is 3.40. The maximum absolute atomic E-state index is 5.98. The van der Waals surface area contributed by atoms with Gasteiger partial charge in [-0.3, -0.25) is 0 Å². The van der Waals surface area contributed by atoms with Gasteiger partial charge in [-0.2, -0.15) is 0 Å². The van der Waals surface area contributed by atoms with E-state index in [4.69, 9.17) is 8.83 Å². The van der Waals surface area contributed by atoms with E-state index in [1.807, 2.05) is 24.3 Å². The van der Waals surface area contributed by atoms with Crippen LogP contribution in [0.25, 0.3) is 52.3 Å². The number of hydrogen-bond acceptors (Lipinski definition) is 4. The third kappa shape index (κ3) is 1.64. The molecule has 2 nitrogen and oxygen atoms in total. The van der Waals surface area contributed by atoms with Crippen molar-refractivity contribution < 1.29 is 8.83 Å². The number of fused-ring (bicyclic) bond motifs is 6. The Kier molecular flexibility index (Phi) is 2.40. The molecule has 0 amide bonds. The molecule has 0 saturated heterocycles. The van der Waals surface area contributed by atoms with E-state index in [1.54, 1.807) is 22.7 Å². The average molecular weight is 346 g/mol. The summed E-state index contributed by atoms with van der Waals surface area (Å²) in [6.07, 6.45) is 0. The first-order valence-electron chi connectivity index (χ1n) is 7.69. The van der Waals surface area contributed by atoms with Gasteiger partial charge in [0.1, 0.15) is 11.2 Å². The molecule has 0 aliphatic heterocycles. The molecule has 114 valence electrons. The van der Waals surface area contributed by atoms with Crippen molar-refractivity contribution >= 4 is 65.2 Å². The van der Waals surface area contributed by atoms with E-state index in [0.29, 0.717) is 0 Å². The van der Waals surface area contributed by atoms with Crippen molar-refractivity contribution in [2.24, 2.45) is 0 Å². The fourth-order valence-corrected chi connectivity index (χ4v) is 5.42. The summed E-state index contributed by atoms with van der Waals surface area (Å²) < 4.78 is 12.0. The van der Waals surface area contributed by atoms with Crippen molar-refractivity contribution in [3.8, 4) is 9.75 Å². The standard InChI is InChI=1S/C20H10O2S2/c1-3-7-15-11(5-1)13-9-17(23-19(13)21-15)18-10-14-12-6-2-4-8-16(12)22-20(14)24-18/h1-10H. The van der Waals surface area contributed by atoms with Gasteiger partial charge in [0.15, 0.2) is 9.79 Å². The number of thiophene rings is 2. The molecule has 4 aromatic heterocycles. The van der Waals surface area contributed by atoms with Gasteiger partial charge in [-0.25, -0.2) is 0 Å². The Labute approximate surface area is 144 Å². The van der Waals surface area contributed by atoms with Crippen LogP contribution < -0.4 is 0 Å². The third-order valence-electron chi connectivity index (χ3n) is 4.40. The highest BCUT2D eigenvalue weighted by atomic mass is 32.1. The Hall–Kier alpha value is -2.56. The minimum absolute atomic E-state index is 0.955. The van der Waals surface area contributed by atoms with E-state index >= 15 is 0 Å². The molecule has 4 heterocycles. The normalized spacial score (nSPS) is 12.2. The molecule has 4 heteroatoms. The fourth-order valence-electron chi connectivity index (χ4n) is 3.27. The molecule has 0 fully saturated rings. The molecular weight excluding hydrogens is 336 g/mol. The highest BCUT2D eigenvalue weighted by molar-refractivity contribution is 7.28. The van der Waals surface area contributed by atoms with Crippen LogP contribution in [-0.4, -0.2) is 0 Å². The van der Waals surface area contributed by atoms with Crippen molar-refractivity contribution in [2.75, 3.05) is 0 Å². The molecular formula is C20H10O2S2. The van der Waals surface area contributed by atoms with Crippen LogP contribution >= 0.6 is 22.7 Å². The molecule has 0 bridgehead atoms. The molecule has 0 aliphatic carbocycles. The second-order valence-electron chi connectivity index (χ2n) is 5.82. The Morgan fingerprint density at radius 2 is 1.00 bits per heavy atom. The van der Waals surface area contributed by atoms with Crippen LogP contribution in [0.3, 0.4) is 0 Å². The molecule has 24 heavy (non-hydrogen) atoms. The van der Waals surface area contributed by atoms with Gasteiger partial charge in [-0.1, -0.05) is 59.1 Å². The first-order chi connectivity index (χ1) is 11.9. The Morgan fingerprint density at radius 1 is 0.542 bits per heavy atom. The van der Waals surface area contributed by atoms with E-state index in [9.17, 15) is 0 Å². The summed E-state index contributed by atoms with van der Waals surface area (Å²) in [5.74, 6) is 0. The van der Waals surface area contributed by atoms with Crippen molar-refractivity contribution in [3.05, 3.63) is 60.7 Å². The van der Waals surface area contributed by atoms with Crippen LogP contribution in [0, 0.1) is 0 Å². The quantitative estimate of drug-likeness (QED) is 0.313. The number of rotatable bonds is 1. The zero-order valence-corrected chi connectivity index (χ0v) is 14.0. The summed E-state index contributed by atoms with van der Waals surface area (Å²) in [5.41, 5.74) is 1.91. The molecule has 0 radical (unpaired) electrons. The van der Waals surface area contributed by atoms with Crippen LogP contribution in [0.5, 0.6) is 0 Å². The fraction of sp³-hybridized carbons (Fsp3) is 0. The van der Waals surface area contributed by atoms with Crippen LogP contribution in [0.4, 0.5) is 0 Å². The summed E-state index contributed by atoms with van der Waals surface area (Å²) in [6.45, 7) is 0. The largest absolute Gasteiger partial charge is 0.445 e. The molecule has 6 rings (SSSR count). The van der Waals surface area contributed by atoms with Crippen LogP contribution in [0.1, 0.15) is 0 Å². The summed E-state index contributed by atoms with van der Waals surface area (Å²) in [6, 6.07) is 20.9. The smallest absolute Gasteiger partial charge is 0.189 e. The predicted octanol–water partition coefficient (Wildman–Crippen LogP) is 7.28. The Bertz CT molecular complexity index is 1250. The molecule has 0 aliphatic rings. The minimum Gasteiger partial charge on any atom is -0.445 e. The van der Waals surface area contributed by atoms with Gasteiger partial charge in [-0.05, 0) is 24.3 Å². The summed E-state index contributed by atoms with van der Waals surface area (Å²) in [5, 5.41) is 4.75. The predicted molar refractivity (Wildman–Crippen MR) is 102 cm³/mol. The molecule has 2 aromatic carbocycles. The van der Waals surface area contributed by atoms with E-state index < -0.39 is 0 Å². The van der Waals surface area contributed by atoms with Crippen molar-refractivity contribution in [1.82, 2.24) is 0 Å². The molecule has 6 aromatic rings. The number of furan rings is 2. The topological polar surface area (TPSA) is 26.3 Å². The first kappa shape index (κ1) is 12.8. The Balaban J connectivity index is 1.59. The van der Waals surface area contributed by atoms with Gasteiger partial charge in [-0.15, -0.1) is 0 Å². The van der Waals surface area contributed by atoms with Crippen molar-refractivity contribution in [3.63, 3.8) is 0 Å². The van der Waals surface area contributed by atoms with Crippen LogP contribution in [-0.2, 0) is 0 Å². The maximum Gasteiger partial charge on any atom is 0.189 e. The van der Waals surface area contributed by atoms with Gasteiger partial charge >= 0.3 is 0 Å². The van der Waals surface area contributed by atoms with Crippen molar-refractivity contribution in [1.29, 1.82) is 0 Å². The van der Waals surface area contributed by atoms with Gasteiger partial charge in [0.05, 0.1) is 0 Å². The second kappa shape index (κ2) is 4.50. The van der Waals surface area contributed by atoms with Gasteiger partial charge in [0.2, 0.25) is 0 Å². The number of hydrogen-bond donors (Lipinski definition) is 0. The van der Waals surface area contributed by atoms with E-state index in [0.717, 1.165) is 21.0 Å². The monoisotopic (exact) mass is 346 g/mol.